The summed E-state index contributed by atoms with van der Waals surface area (Å²) in [6.45, 7) is 2.64. The van der Waals surface area contributed by atoms with Crippen LogP contribution in [0, 0.1) is 0 Å². The third kappa shape index (κ3) is 3.81. The van der Waals surface area contributed by atoms with Crippen LogP contribution >= 0.6 is 0 Å². The van der Waals surface area contributed by atoms with Gasteiger partial charge in [0.2, 0.25) is 0 Å². The van der Waals surface area contributed by atoms with Crippen LogP contribution in [0.2, 0.25) is 0 Å². The molecule has 1 aromatic carbocycles. The van der Waals surface area contributed by atoms with E-state index in [1.54, 1.807) is 24.3 Å². The molecule has 2 aromatic heterocycles. The average Bonchev–Trinajstić information content (AvgIpc) is 3.14. The summed E-state index contributed by atoms with van der Waals surface area (Å²) in [6.07, 6.45) is 1.54. The Morgan fingerprint density at radius 1 is 1.08 bits per heavy atom. The first kappa shape index (κ1) is 15.8. The van der Waals surface area contributed by atoms with E-state index in [1.807, 2.05) is 37.3 Å². The molecule has 5 heteroatoms. The molecule has 0 radical (unpaired) electrons. The molecular formula is C19H17NO4. The lowest BCUT2D eigenvalue weighted by atomic mass is 10.1. The molecule has 0 saturated heterocycles. The number of esters is 1. The van der Waals surface area contributed by atoms with Gasteiger partial charge in [0.1, 0.15) is 23.8 Å². The fourth-order valence-corrected chi connectivity index (χ4v) is 2.20. The number of ether oxygens (including phenoxy) is 2. The van der Waals surface area contributed by atoms with Crippen molar-refractivity contribution in [1.29, 1.82) is 0 Å². The molecule has 24 heavy (non-hydrogen) atoms. The summed E-state index contributed by atoms with van der Waals surface area (Å²) in [6, 6.07) is 16.3. The second-order valence-corrected chi connectivity index (χ2v) is 5.02. The Kier molecular flexibility index (Phi) is 4.91. The lowest BCUT2D eigenvalue weighted by molar-refractivity contribution is 0.0439. The lowest BCUT2D eigenvalue weighted by Gasteiger charge is -2.07. The van der Waals surface area contributed by atoms with E-state index in [0.717, 1.165) is 11.3 Å². The topological polar surface area (TPSA) is 61.6 Å². The number of pyridine rings is 1. The van der Waals surface area contributed by atoms with Gasteiger partial charge in [0.25, 0.3) is 0 Å². The number of hydrogen-bond acceptors (Lipinski definition) is 5. The van der Waals surface area contributed by atoms with Crippen LogP contribution in [0.3, 0.4) is 0 Å². The highest BCUT2D eigenvalue weighted by Crippen LogP contribution is 2.21. The second-order valence-electron chi connectivity index (χ2n) is 5.02. The first-order chi connectivity index (χ1) is 11.8. The zero-order valence-electron chi connectivity index (χ0n) is 13.3. The highest BCUT2D eigenvalue weighted by atomic mass is 16.5. The van der Waals surface area contributed by atoms with Crippen molar-refractivity contribution < 1.29 is 18.7 Å². The number of aromatic nitrogens is 1. The fourth-order valence-electron chi connectivity index (χ4n) is 2.20. The molecule has 0 aliphatic carbocycles. The van der Waals surface area contributed by atoms with E-state index in [4.69, 9.17) is 13.9 Å². The van der Waals surface area contributed by atoms with Crippen molar-refractivity contribution in [3.05, 3.63) is 72.3 Å². The minimum Gasteiger partial charge on any atom is -0.494 e. The molecule has 0 bridgehead atoms. The van der Waals surface area contributed by atoms with Gasteiger partial charge >= 0.3 is 5.97 Å². The van der Waals surface area contributed by atoms with E-state index in [0.29, 0.717) is 18.1 Å². The lowest BCUT2D eigenvalue weighted by Crippen LogP contribution is -2.07. The molecule has 122 valence electrons. The first-order valence-corrected chi connectivity index (χ1v) is 7.66. The summed E-state index contributed by atoms with van der Waals surface area (Å²) in [4.78, 5) is 16.5. The van der Waals surface area contributed by atoms with E-state index in [9.17, 15) is 4.79 Å². The van der Waals surface area contributed by atoms with Gasteiger partial charge in [0, 0.05) is 5.56 Å². The van der Waals surface area contributed by atoms with Crippen LogP contribution in [0.1, 0.15) is 23.2 Å². The molecule has 2 heterocycles. The highest BCUT2D eigenvalue weighted by molar-refractivity contribution is 5.87. The number of carbonyl (C=O) groups excluding carboxylic acids is 1. The molecular weight excluding hydrogens is 306 g/mol. The van der Waals surface area contributed by atoms with Gasteiger partial charge in [-0.1, -0.05) is 6.07 Å². The number of carbonyl (C=O) groups is 1. The van der Waals surface area contributed by atoms with Gasteiger partial charge in [-0.25, -0.2) is 9.78 Å². The SMILES string of the molecule is CCOc1ccc(-c2cccc(C(=O)OCc3ccco3)n2)cc1. The largest absolute Gasteiger partial charge is 0.494 e. The van der Waals surface area contributed by atoms with Crippen molar-refractivity contribution in [1.82, 2.24) is 4.98 Å². The molecule has 3 aromatic rings. The Labute approximate surface area is 139 Å². The minimum absolute atomic E-state index is 0.0841. The minimum atomic E-state index is -0.487. The van der Waals surface area contributed by atoms with Gasteiger partial charge in [0.05, 0.1) is 18.6 Å². The molecule has 0 unspecified atom stereocenters. The van der Waals surface area contributed by atoms with Gasteiger partial charge < -0.3 is 13.9 Å². The van der Waals surface area contributed by atoms with Crippen LogP contribution in [0.4, 0.5) is 0 Å². The summed E-state index contributed by atoms with van der Waals surface area (Å²) in [5.41, 5.74) is 1.86. The average molecular weight is 323 g/mol. The normalized spacial score (nSPS) is 10.4. The maximum atomic E-state index is 12.1. The molecule has 0 saturated carbocycles. The molecule has 0 spiro atoms. The second kappa shape index (κ2) is 7.46. The van der Waals surface area contributed by atoms with Crippen molar-refractivity contribution in [2.75, 3.05) is 6.61 Å². The van der Waals surface area contributed by atoms with Gasteiger partial charge in [0.15, 0.2) is 0 Å². The standard InChI is InChI=1S/C19H17NO4/c1-2-22-15-10-8-14(9-11-15)17-6-3-7-18(20-17)19(21)24-13-16-5-4-12-23-16/h3-12H,2,13H2,1H3. The maximum Gasteiger partial charge on any atom is 0.357 e. The van der Waals surface area contributed by atoms with Gasteiger partial charge in [-0.05, 0) is 55.5 Å². The Morgan fingerprint density at radius 3 is 2.62 bits per heavy atom. The fraction of sp³-hybridized carbons (Fsp3) is 0.158. The van der Waals surface area contributed by atoms with E-state index in [2.05, 4.69) is 4.98 Å². The Bertz CT molecular complexity index is 794. The number of hydrogen-bond donors (Lipinski definition) is 0. The van der Waals surface area contributed by atoms with Gasteiger partial charge in [-0.2, -0.15) is 0 Å². The Balaban J connectivity index is 1.72. The van der Waals surface area contributed by atoms with E-state index in [1.165, 1.54) is 6.26 Å². The summed E-state index contributed by atoms with van der Waals surface area (Å²) in [5, 5.41) is 0. The molecule has 0 aliphatic rings. The third-order valence-corrected chi connectivity index (χ3v) is 3.34. The summed E-state index contributed by atoms with van der Waals surface area (Å²) in [7, 11) is 0. The molecule has 0 amide bonds. The number of furan rings is 1. The molecule has 0 N–H and O–H groups in total. The molecule has 0 atom stereocenters. The summed E-state index contributed by atoms with van der Waals surface area (Å²) >= 11 is 0. The van der Waals surface area contributed by atoms with Crippen molar-refractivity contribution >= 4 is 5.97 Å². The van der Waals surface area contributed by atoms with Crippen LogP contribution in [-0.4, -0.2) is 17.6 Å². The quantitative estimate of drug-likeness (QED) is 0.639. The summed E-state index contributed by atoms with van der Waals surface area (Å²) < 4.78 is 15.8. The Morgan fingerprint density at radius 2 is 1.92 bits per heavy atom. The number of rotatable bonds is 6. The van der Waals surface area contributed by atoms with E-state index < -0.39 is 5.97 Å². The van der Waals surface area contributed by atoms with E-state index >= 15 is 0 Å². The highest BCUT2D eigenvalue weighted by Gasteiger charge is 2.11. The molecule has 3 rings (SSSR count). The van der Waals surface area contributed by atoms with Crippen molar-refractivity contribution in [2.24, 2.45) is 0 Å². The van der Waals surface area contributed by atoms with Crippen molar-refractivity contribution in [3.8, 4) is 17.0 Å². The maximum absolute atomic E-state index is 12.1. The number of nitrogens with zero attached hydrogens (tertiary/aromatic N) is 1. The molecule has 5 nitrogen and oxygen atoms in total. The molecule has 0 fully saturated rings. The zero-order valence-corrected chi connectivity index (χ0v) is 13.3. The predicted octanol–water partition coefficient (Wildman–Crippen LogP) is 4.10. The van der Waals surface area contributed by atoms with Gasteiger partial charge in [-0.15, -0.1) is 0 Å². The monoisotopic (exact) mass is 323 g/mol. The zero-order chi connectivity index (χ0) is 16.8. The Hall–Kier alpha value is -3.08. The van der Waals surface area contributed by atoms with Crippen LogP contribution in [0.5, 0.6) is 5.75 Å². The van der Waals surface area contributed by atoms with Crippen LogP contribution in [0.15, 0.2) is 65.3 Å². The van der Waals surface area contributed by atoms with Crippen molar-refractivity contribution in [3.63, 3.8) is 0 Å². The first-order valence-electron chi connectivity index (χ1n) is 7.66. The van der Waals surface area contributed by atoms with Crippen molar-refractivity contribution in [2.45, 2.75) is 13.5 Å². The van der Waals surface area contributed by atoms with Crippen LogP contribution in [-0.2, 0) is 11.3 Å². The molecule has 0 aliphatic heterocycles. The third-order valence-electron chi connectivity index (χ3n) is 3.34. The van der Waals surface area contributed by atoms with Gasteiger partial charge in [-0.3, -0.25) is 0 Å². The van der Waals surface area contributed by atoms with Crippen LogP contribution in [0.25, 0.3) is 11.3 Å². The smallest absolute Gasteiger partial charge is 0.357 e. The van der Waals surface area contributed by atoms with Crippen LogP contribution < -0.4 is 4.74 Å². The van der Waals surface area contributed by atoms with E-state index in [-0.39, 0.29) is 12.3 Å². The predicted molar refractivity (Wildman–Crippen MR) is 88.7 cm³/mol. The number of benzene rings is 1. The summed E-state index contributed by atoms with van der Waals surface area (Å²) in [5.74, 6) is 0.903.